The number of rotatable bonds is 6. The molecule has 0 saturated carbocycles. The zero-order valence-corrected chi connectivity index (χ0v) is 21.2. The van der Waals surface area contributed by atoms with Gasteiger partial charge in [0.15, 0.2) is 0 Å². The first kappa shape index (κ1) is 26.3. The van der Waals surface area contributed by atoms with Gasteiger partial charge in [0.05, 0.1) is 10.8 Å². The number of hydrogen-bond acceptors (Lipinski definition) is 4. The smallest absolute Gasteiger partial charge is 0.324 e. The van der Waals surface area contributed by atoms with Crippen LogP contribution in [-0.4, -0.2) is 71.2 Å². The van der Waals surface area contributed by atoms with Crippen LogP contribution in [0.25, 0.3) is 0 Å². The lowest BCUT2D eigenvalue weighted by atomic mass is 10.1. The van der Waals surface area contributed by atoms with Crippen LogP contribution in [0.5, 0.6) is 0 Å². The minimum atomic E-state index is -4.41. The van der Waals surface area contributed by atoms with Crippen LogP contribution >= 0.6 is 11.8 Å². The number of hydrogen-bond donors (Lipinski definition) is 1. The van der Waals surface area contributed by atoms with Gasteiger partial charge in [0, 0.05) is 45.0 Å². The Labute approximate surface area is 213 Å². The molecule has 2 aromatic carbocycles. The van der Waals surface area contributed by atoms with Crippen molar-refractivity contribution in [2.24, 2.45) is 0 Å². The lowest BCUT2D eigenvalue weighted by Gasteiger charge is -2.36. The Morgan fingerprint density at radius 1 is 1.03 bits per heavy atom. The van der Waals surface area contributed by atoms with Crippen molar-refractivity contribution in [2.45, 2.75) is 37.1 Å². The first-order valence-electron chi connectivity index (χ1n) is 12.1. The quantitative estimate of drug-likeness (QED) is 0.568. The van der Waals surface area contributed by atoms with Gasteiger partial charge in [-0.1, -0.05) is 31.2 Å². The highest BCUT2D eigenvalue weighted by molar-refractivity contribution is 8.01. The van der Waals surface area contributed by atoms with E-state index in [1.54, 1.807) is 16.7 Å². The van der Waals surface area contributed by atoms with Crippen molar-refractivity contribution >= 4 is 29.4 Å². The molecule has 0 spiro atoms. The number of carbonyl (C=O) groups is 2. The third-order valence-corrected chi connectivity index (χ3v) is 8.37. The molecule has 2 heterocycles. The van der Waals surface area contributed by atoms with Crippen molar-refractivity contribution in [1.82, 2.24) is 14.7 Å². The van der Waals surface area contributed by atoms with Crippen LogP contribution in [0.4, 0.5) is 23.7 Å². The van der Waals surface area contributed by atoms with E-state index in [-0.39, 0.29) is 22.6 Å². The molecule has 6 nitrogen and oxygen atoms in total. The summed E-state index contributed by atoms with van der Waals surface area (Å²) >= 11 is 1.72. The summed E-state index contributed by atoms with van der Waals surface area (Å²) in [4.78, 5) is 31.5. The van der Waals surface area contributed by atoms with Gasteiger partial charge in [0.2, 0.25) is 5.91 Å². The first-order chi connectivity index (χ1) is 17.2. The molecule has 4 rings (SSSR count). The van der Waals surface area contributed by atoms with Crippen LogP contribution in [0.1, 0.15) is 35.4 Å². The molecule has 3 amide bonds. The molecule has 0 bridgehead atoms. The number of nitrogens with zero attached hydrogens (tertiary/aromatic N) is 3. The summed E-state index contributed by atoms with van der Waals surface area (Å²) in [6, 6.07) is 12.3. The molecule has 36 heavy (non-hydrogen) atoms. The van der Waals surface area contributed by atoms with Gasteiger partial charge in [-0.3, -0.25) is 9.69 Å². The number of nitrogens with one attached hydrogen (secondary N) is 1. The Morgan fingerprint density at radius 2 is 1.69 bits per heavy atom. The molecule has 2 atom stereocenters. The number of carbonyl (C=O) groups excluding carboxylic acids is 2. The van der Waals surface area contributed by atoms with Gasteiger partial charge in [-0.05, 0) is 48.7 Å². The van der Waals surface area contributed by atoms with Crippen LogP contribution in [0, 0.1) is 6.92 Å². The normalized spacial score (nSPS) is 21.2. The summed E-state index contributed by atoms with van der Waals surface area (Å²) in [7, 11) is 0. The molecule has 0 unspecified atom stereocenters. The van der Waals surface area contributed by atoms with Crippen molar-refractivity contribution in [3.63, 3.8) is 0 Å². The molecule has 2 aliphatic rings. The van der Waals surface area contributed by atoms with Crippen LogP contribution in [0.15, 0.2) is 48.5 Å². The van der Waals surface area contributed by atoms with E-state index in [4.69, 9.17) is 0 Å². The predicted octanol–water partition coefficient (Wildman–Crippen LogP) is 5.22. The van der Waals surface area contributed by atoms with E-state index in [1.807, 2.05) is 24.0 Å². The molecule has 10 heteroatoms. The fraction of sp³-hybridized carbons (Fsp3) is 0.462. The third kappa shape index (κ3) is 5.98. The molecular weight excluding hydrogens is 489 g/mol. The summed E-state index contributed by atoms with van der Waals surface area (Å²) in [6.45, 7) is 7.82. The van der Waals surface area contributed by atoms with Crippen LogP contribution in [0.3, 0.4) is 0 Å². The summed E-state index contributed by atoms with van der Waals surface area (Å²) in [6.07, 6.45) is -3.61. The summed E-state index contributed by atoms with van der Waals surface area (Å²) < 4.78 is 38.2. The van der Waals surface area contributed by atoms with E-state index in [0.29, 0.717) is 38.4 Å². The minimum Gasteiger partial charge on any atom is -0.324 e. The second kappa shape index (κ2) is 11.1. The van der Waals surface area contributed by atoms with E-state index in [2.05, 4.69) is 29.3 Å². The Kier molecular flexibility index (Phi) is 8.14. The Hall–Kier alpha value is -2.72. The van der Waals surface area contributed by atoms with Gasteiger partial charge in [0.25, 0.3) is 0 Å². The van der Waals surface area contributed by atoms with E-state index < -0.39 is 11.7 Å². The molecule has 0 radical (unpaired) electrons. The second-order valence-corrected chi connectivity index (χ2v) is 10.4. The molecule has 0 aliphatic carbocycles. The molecular formula is C26H31F3N4O2S. The fourth-order valence-electron chi connectivity index (χ4n) is 4.56. The lowest BCUT2D eigenvalue weighted by Crippen LogP contribution is -2.51. The second-order valence-electron chi connectivity index (χ2n) is 9.11. The van der Waals surface area contributed by atoms with Gasteiger partial charge in [-0.15, -0.1) is 11.8 Å². The SMILES string of the molecule is CC[C@H]1S[C@@H](c2ccccc2C)N(CCN2CCN(C(=O)Nc3ccc(C(F)(F)F)cc3)CC2)C1=O. The molecule has 2 aromatic rings. The van der Waals surface area contributed by atoms with Crippen molar-refractivity contribution in [1.29, 1.82) is 0 Å². The van der Waals surface area contributed by atoms with Gasteiger partial charge >= 0.3 is 12.2 Å². The minimum absolute atomic E-state index is 0.0134. The number of anilines is 1. The molecule has 1 N–H and O–H groups in total. The Morgan fingerprint density at radius 3 is 2.31 bits per heavy atom. The topological polar surface area (TPSA) is 55.9 Å². The summed E-state index contributed by atoms with van der Waals surface area (Å²) in [5.74, 6) is 0.185. The average molecular weight is 521 g/mol. The number of amides is 3. The molecule has 2 saturated heterocycles. The highest BCUT2D eigenvalue weighted by Crippen LogP contribution is 2.44. The lowest BCUT2D eigenvalue weighted by molar-refractivity contribution is -0.137. The van der Waals surface area contributed by atoms with Gasteiger partial charge in [-0.25, -0.2) is 4.79 Å². The van der Waals surface area contributed by atoms with Crippen LogP contribution in [0.2, 0.25) is 0 Å². The maximum atomic E-state index is 13.1. The molecule has 2 aliphatic heterocycles. The summed E-state index contributed by atoms with van der Waals surface area (Å²) in [5, 5.41) is 2.66. The number of thioether (sulfide) groups is 1. The fourth-order valence-corrected chi connectivity index (χ4v) is 6.08. The third-order valence-electron chi connectivity index (χ3n) is 6.74. The van der Waals surface area contributed by atoms with Crippen LogP contribution in [-0.2, 0) is 11.0 Å². The monoisotopic (exact) mass is 520 g/mol. The Balaban J connectivity index is 1.29. The zero-order chi connectivity index (χ0) is 25.9. The van der Waals surface area contributed by atoms with Crippen molar-refractivity contribution in [3.05, 3.63) is 65.2 Å². The number of piperazine rings is 1. The number of benzene rings is 2. The average Bonchev–Trinajstić information content (AvgIpc) is 3.18. The van der Waals surface area contributed by atoms with Gasteiger partial charge < -0.3 is 15.1 Å². The zero-order valence-electron chi connectivity index (χ0n) is 20.4. The number of alkyl halides is 3. The van der Waals surface area contributed by atoms with Crippen LogP contribution < -0.4 is 5.32 Å². The van der Waals surface area contributed by atoms with Gasteiger partial charge in [-0.2, -0.15) is 13.2 Å². The maximum Gasteiger partial charge on any atom is 0.416 e. The van der Waals surface area contributed by atoms with Crippen molar-refractivity contribution in [2.75, 3.05) is 44.6 Å². The maximum absolute atomic E-state index is 13.1. The molecule has 0 aromatic heterocycles. The number of urea groups is 1. The summed E-state index contributed by atoms with van der Waals surface area (Å²) in [5.41, 5.74) is 1.93. The number of aryl methyl sites for hydroxylation is 1. The molecule has 194 valence electrons. The van der Waals surface area contributed by atoms with Crippen molar-refractivity contribution in [3.8, 4) is 0 Å². The number of halogens is 3. The van der Waals surface area contributed by atoms with Crippen molar-refractivity contribution < 1.29 is 22.8 Å². The van der Waals surface area contributed by atoms with E-state index in [9.17, 15) is 22.8 Å². The first-order valence-corrected chi connectivity index (χ1v) is 13.1. The Bertz CT molecular complexity index is 1070. The van der Waals surface area contributed by atoms with E-state index in [0.717, 1.165) is 25.1 Å². The van der Waals surface area contributed by atoms with Gasteiger partial charge in [0.1, 0.15) is 5.37 Å². The predicted molar refractivity (Wildman–Crippen MR) is 136 cm³/mol. The molecule has 2 fully saturated rings. The standard InChI is InChI=1S/C26H31F3N4O2S/c1-3-22-23(34)33(24(36-22)21-7-5-4-6-18(21)2)17-14-31-12-15-32(16-13-31)25(35)30-20-10-8-19(9-11-20)26(27,28)29/h4-11,22,24H,3,12-17H2,1-2H3,(H,30,35)/t22-,24+/m1/s1. The van der Waals surface area contributed by atoms with E-state index in [1.165, 1.54) is 23.3 Å². The van der Waals surface area contributed by atoms with E-state index >= 15 is 0 Å². The highest BCUT2D eigenvalue weighted by atomic mass is 32.2. The highest BCUT2D eigenvalue weighted by Gasteiger charge is 2.40. The largest absolute Gasteiger partial charge is 0.416 e.